The van der Waals surface area contributed by atoms with Gasteiger partial charge in [0.05, 0.1) is 23.1 Å². The zero-order valence-corrected chi connectivity index (χ0v) is 15.0. The second-order valence-electron chi connectivity index (χ2n) is 5.92. The number of thiophene rings is 1. The van der Waals surface area contributed by atoms with Gasteiger partial charge in [-0.25, -0.2) is 4.79 Å². The SMILES string of the molecule is CCOC(=O)c1cc(C(=O)N2CCC[C@H]2c2cccs2)cc([N+](=O)[O-])c1. The van der Waals surface area contributed by atoms with Crippen LogP contribution < -0.4 is 0 Å². The molecule has 1 aromatic heterocycles. The smallest absolute Gasteiger partial charge is 0.338 e. The molecule has 1 fully saturated rings. The minimum Gasteiger partial charge on any atom is -0.462 e. The van der Waals surface area contributed by atoms with E-state index in [-0.39, 0.29) is 35.4 Å². The summed E-state index contributed by atoms with van der Waals surface area (Å²) in [5.74, 6) is -0.989. The average molecular weight is 374 g/mol. The first-order valence-corrected chi connectivity index (χ1v) is 9.20. The lowest BCUT2D eigenvalue weighted by Gasteiger charge is -2.24. The van der Waals surface area contributed by atoms with Gasteiger partial charge in [-0.15, -0.1) is 11.3 Å². The van der Waals surface area contributed by atoms with Crippen LogP contribution in [0, 0.1) is 10.1 Å². The predicted octanol–water partition coefficient (Wildman–Crippen LogP) is 3.81. The Kier molecular flexibility index (Phi) is 5.32. The van der Waals surface area contributed by atoms with Crippen molar-refractivity contribution in [2.75, 3.05) is 13.2 Å². The number of carbonyl (C=O) groups is 2. The Labute approximate surface area is 154 Å². The summed E-state index contributed by atoms with van der Waals surface area (Å²) in [7, 11) is 0. The summed E-state index contributed by atoms with van der Waals surface area (Å²) < 4.78 is 4.92. The molecular formula is C18H18N2O5S. The van der Waals surface area contributed by atoms with Crippen molar-refractivity contribution in [3.63, 3.8) is 0 Å². The van der Waals surface area contributed by atoms with Crippen LogP contribution in [0.4, 0.5) is 5.69 Å². The molecule has 0 spiro atoms. The number of nitro groups is 1. The third kappa shape index (κ3) is 3.60. The highest BCUT2D eigenvalue weighted by Crippen LogP contribution is 2.35. The summed E-state index contributed by atoms with van der Waals surface area (Å²) in [5.41, 5.74) is -0.159. The van der Waals surface area contributed by atoms with Crippen LogP contribution in [-0.4, -0.2) is 34.9 Å². The number of amides is 1. The van der Waals surface area contributed by atoms with E-state index in [0.29, 0.717) is 6.54 Å². The summed E-state index contributed by atoms with van der Waals surface area (Å²) in [6.45, 7) is 2.38. The van der Waals surface area contributed by atoms with E-state index in [1.807, 2.05) is 17.5 Å². The highest BCUT2D eigenvalue weighted by Gasteiger charge is 2.32. The van der Waals surface area contributed by atoms with Gasteiger partial charge in [0.2, 0.25) is 0 Å². The number of esters is 1. The van der Waals surface area contributed by atoms with Gasteiger partial charge in [-0.05, 0) is 37.3 Å². The number of hydrogen-bond donors (Lipinski definition) is 0. The normalized spacial score (nSPS) is 16.5. The maximum Gasteiger partial charge on any atom is 0.338 e. The van der Waals surface area contributed by atoms with Gasteiger partial charge in [0.1, 0.15) is 0 Å². The van der Waals surface area contributed by atoms with Crippen molar-refractivity contribution in [2.45, 2.75) is 25.8 Å². The van der Waals surface area contributed by atoms with Gasteiger partial charge in [0.15, 0.2) is 0 Å². The van der Waals surface area contributed by atoms with Gasteiger partial charge < -0.3 is 9.64 Å². The Morgan fingerprint density at radius 2 is 2.12 bits per heavy atom. The largest absolute Gasteiger partial charge is 0.462 e. The Balaban J connectivity index is 1.95. The lowest BCUT2D eigenvalue weighted by Crippen LogP contribution is -2.30. The fraction of sp³-hybridized carbons (Fsp3) is 0.333. The lowest BCUT2D eigenvalue weighted by molar-refractivity contribution is -0.384. The summed E-state index contributed by atoms with van der Waals surface area (Å²) in [4.78, 5) is 38.4. The maximum absolute atomic E-state index is 13.0. The molecule has 1 aromatic carbocycles. The van der Waals surface area contributed by atoms with Crippen molar-refractivity contribution in [1.29, 1.82) is 0 Å². The monoisotopic (exact) mass is 374 g/mol. The Morgan fingerprint density at radius 1 is 1.35 bits per heavy atom. The number of likely N-dealkylation sites (tertiary alicyclic amines) is 1. The summed E-state index contributed by atoms with van der Waals surface area (Å²) in [6, 6.07) is 7.61. The van der Waals surface area contributed by atoms with Crippen LogP contribution in [0.15, 0.2) is 35.7 Å². The third-order valence-corrected chi connectivity index (χ3v) is 5.25. The number of ether oxygens (including phenoxy) is 1. The first-order valence-electron chi connectivity index (χ1n) is 8.32. The Hall–Kier alpha value is -2.74. The second-order valence-corrected chi connectivity index (χ2v) is 6.90. The first-order chi connectivity index (χ1) is 12.5. The molecule has 0 bridgehead atoms. The molecule has 136 valence electrons. The van der Waals surface area contributed by atoms with Crippen LogP contribution in [0.5, 0.6) is 0 Å². The number of nitro benzene ring substituents is 1. The van der Waals surface area contributed by atoms with E-state index < -0.39 is 10.9 Å². The van der Waals surface area contributed by atoms with Gasteiger partial charge >= 0.3 is 5.97 Å². The van der Waals surface area contributed by atoms with Gasteiger partial charge in [-0.1, -0.05) is 6.07 Å². The molecule has 0 unspecified atom stereocenters. The third-order valence-electron chi connectivity index (χ3n) is 4.27. The predicted molar refractivity (Wildman–Crippen MR) is 96.4 cm³/mol. The molecule has 0 aliphatic carbocycles. The lowest BCUT2D eigenvalue weighted by atomic mass is 10.1. The number of non-ortho nitro benzene ring substituents is 1. The van der Waals surface area contributed by atoms with Crippen molar-refractivity contribution >= 4 is 28.9 Å². The summed E-state index contributed by atoms with van der Waals surface area (Å²) >= 11 is 1.58. The molecule has 0 saturated carbocycles. The number of rotatable bonds is 5. The minimum atomic E-state index is -0.679. The second kappa shape index (κ2) is 7.65. The van der Waals surface area contributed by atoms with Crippen molar-refractivity contribution in [3.05, 3.63) is 61.8 Å². The van der Waals surface area contributed by atoms with Gasteiger partial charge in [-0.3, -0.25) is 14.9 Å². The van der Waals surface area contributed by atoms with Crippen molar-refractivity contribution in [2.24, 2.45) is 0 Å². The topological polar surface area (TPSA) is 89.8 Å². The van der Waals surface area contributed by atoms with E-state index in [9.17, 15) is 19.7 Å². The van der Waals surface area contributed by atoms with Crippen LogP contribution in [0.25, 0.3) is 0 Å². The minimum absolute atomic E-state index is 0.0104. The molecule has 2 aromatic rings. The van der Waals surface area contributed by atoms with Crippen LogP contribution >= 0.6 is 11.3 Å². The first kappa shape index (κ1) is 18.1. The number of nitrogens with zero attached hydrogens (tertiary/aromatic N) is 2. The van der Waals surface area contributed by atoms with Gasteiger partial charge in [0, 0.05) is 29.1 Å². The molecule has 26 heavy (non-hydrogen) atoms. The van der Waals surface area contributed by atoms with Crippen molar-refractivity contribution in [1.82, 2.24) is 4.90 Å². The zero-order chi connectivity index (χ0) is 18.7. The zero-order valence-electron chi connectivity index (χ0n) is 14.2. The van der Waals surface area contributed by atoms with E-state index in [2.05, 4.69) is 0 Å². The van der Waals surface area contributed by atoms with Crippen LogP contribution in [0.1, 0.15) is 51.4 Å². The highest BCUT2D eigenvalue weighted by atomic mass is 32.1. The molecule has 8 heteroatoms. The van der Waals surface area contributed by atoms with E-state index in [1.54, 1.807) is 23.2 Å². The fourth-order valence-corrected chi connectivity index (χ4v) is 4.00. The molecule has 2 heterocycles. The molecule has 0 N–H and O–H groups in total. The molecule has 1 amide bonds. The number of hydrogen-bond acceptors (Lipinski definition) is 6. The highest BCUT2D eigenvalue weighted by molar-refractivity contribution is 7.10. The molecule has 1 aliphatic rings. The Morgan fingerprint density at radius 3 is 2.77 bits per heavy atom. The van der Waals surface area contributed by atoms with E-state index in [4.69, 9.17) is 4.74 Å². The maximum atomic E-state index is 13.0. The van der Waals surface area contributed by atoms with Crippen molar-refractivity contribution in [3.8, 4) is 0 Å². The van der Waals surface area contributed by atoms with Crippen LogP contribution in [-0.2, 0) is 4.74 Å². The van der Waals surface area contributed by atoms with Crippen LogP contribution in [0.2, 0.25) is 0 Å². The van der Waals surface area contributed by atoms with E-state index >= 15 is 0 Å². The Bertz CT molecular complexity index is 834. The molecular weight excluding hydrogens is 356 g/mol. The molecule has 0 radical (unpaired) electrons. The number of benzene rings is 1. The number of carbonyl (C=O) groups excluding carboxylic acids is 2. The molecule has 3 rings (SSSR count). The molecule has 7 nitrogen and oxygen atoms in total. The van der Waals surface area contributed by atoms with Gasteiger partial charge in [0.25, 0.3) is 11.6 Å². The quantitative estimate of drug-likeness (QED) is 0.451. The van der Waals surface area contributed by atoms with E-state index in [1.165, 1.54) is 12.1 Å². The fourth-order valence-electron chi connectivity index (χ4n) is 3.12. The van der Waals surface area contributed by atoms with E-state index in [0.717, 1.165) is 23.8 Å². The van der Waals surface area contributed by atoms with Gasteiger partial charge in [-0.2, -0.15) is 0 Å². The molecule has 1 saturated heterocycles. The average Bonchev–Trinajstić information content (AvgIpc) is 3.31. The summed E-state index contributed by atoms with van der Waals surface area (Å²) in [5, 5.41) is 13.2. The van der Waals surface area contributed by atoms with Crippen LogP contribution in [0.3, 0.4) is 0 Å². The van der Waals surface area contributed by atoms with Crippen molar-refractivity contribution < 1.29 is 19.2 Å². The molecule has 1 atom stereocenters. The standard InChI is InChI=1S/C18H18N2O5S/c1-2-25-18(22)13-9-12(10-14(11-13)20(23)24)17(21)19-7-3-5-15(19)16-6-4-8-26-16/h4,6,8-11,15H,2-3,5,7H2,1H3/t15-/m0/s1. The molecule has 1 aliphatic heterocycles. The summed E-state index contributed by atoms with van der Waals surface area (Å²) in [6.07, 6.45) is 1.72.